The number of aryl methyl sites for hydroxylation is 1. The molecule has 3 rings (SSSR count). The van der Waals surface area contributed by atoms with E-state index in [1.54, 1.807) is 12.1 Å². The van der Waals surface area contributed by atoms with Crippen LogP contribution in [0.25, 0.3) is 0 Å². The van der Waals surface area contributed by atoms with E-state index in [0.29, 0.717) is 5.75 Å². The minimum atomic E-state index is -0.412. The molecule has 3 aromatic carbocycles. The highest BCUT2D eigenvalue weighted by atomic mass is 16.6. The lowest BCUT2D eigenvalue weighted by molar-refractivity contribution is -0.384. The van der Waals surface area contributed by atoms with Gasteiger partial charge in [0.25, 0.3) is 5.69 Å². The van der Waals surface area contributed by atoms with Gasteiger partial charge in [-0.2, -0.15) is 0 Å². The minimum Gasteiger partial charge on any atom is -0.489 e. The van der Waals surface area contributed by atoms with E-state index < -0.39 is 4.92 Å². The molecule has 0 aliphatic rings. The Hall–Kier alpha value is -3.34. The fourth-order valence-corrected chi connectivity index (χ4v) is 2.68. The zero-order chi connectivity index (χ0) is 19.1. The molecule has 0 aliphatic heterocycles. The van der Waals surface area contributed by atoms with Crippen LogP contribution in [0.3, 0.4) is 0 Å². The first-order chi connectivity index (χ1) is 13.1. The summed E-state index contributed by atoms with van der Waals surface area (Å²) < 4.78 is 11.5. The van der Waals surface area contributed by atoms with Gasteiger partial charge in [-0.05, 0) is 53.9 Å². The van der Waals surface area contributed by atoms with Gasteiger partial charge in [0.1, 0.15) is 23.9 Å². The summed E-state index contributed by atoms with van der Waals surface area (Å²) in [5, 5.41) is 10.8. The lowest BCUT2D eigenvalue weighted by atomic mass is 10.1. The molecule has 27 heavy (non-hydrogen) atoms. The van der Waals surface area contributed by atoms with Gasteiger partial charge in [-0.1, -0.05) is 37.6 Å². The third kappa shape index (κ3) is 5.31. The van der Waals surface area contributed by atoms with Gasteiger partial charge in [0, 0.05) is 12.1 Å². The Balaban J connectivity index is 1.57. The molecule has 0 spiro atoms. The molecule has 0 radical (unpaired) electrons. The SMILES string of the molecule is CCCc1ccc(Oc2ccc(OCc3cccc([N+](=O)[O-])c3)cc2)cc1. The summed E-state index contributed by atoms with van der Waals surface area (Å²) in [6.07, 6.45) is 2.19. The molecular formula is C22H21NO4. The van der Waals surface area contributed by atoms with Crippen molar-refractivity contribution >= 4 is 5.69 Å². The summed E-state index contributed by atoms with van der Waals surface area (Å²) in [7, 11) is 0. The van der Waals surface area contributed by atoms with Crippen LogP contribution in [0.1, 0.15) is 24.5 Å². The number of nitro groups is 1. The van der Waals surface area contributed by atoms with Gasteiger partial charge in [-0.25, -0.2) is 0 Å². The first-order valence-electron chi connectivity index (χ1n) is 8.87. The molecule has 5 nitrogen and oxygen atoms in total. The molecule has 0 bridgehead atoms. The molecule has 0 saturated carbocycles. The second-order valence-corrected chi connectivity index (χ2v) is 6.18. The molecule has 0 aliphatic carbocycles. The van der Waals surface area contributed by atoms with Crippen LogP contribution in [0.2, 0.25) is 0 Å². The van der Waals surface area contributed by atoms with Crippen molar-refractivity contribution in [3.8, 4) is 17.2 Å². The van der Waals surface area contributed by atoms with Crippen molar-refractivity contribution in [2.75, 3.05) is 0 Å². The number of nitro benzene ring substituents is 1. The molecule has 0 amide bonds. The van der Waals surface area contributed by atoms with E-state index in [1.165, 1.54) is 17.7 Å². The Morgan fingerprint density at radius 2 is 1.48 bits per heavy atom. The fraction of sp³-hybridized carbons (Fsp3) is 0.182. The van der Waals surface area contributed by atoms with Gasteiger partial charge in [-0.15, -0.1) is 0 Å². The maximum Gasteiger partial charge on any atom is 0.269 e. The largest absolute Gasteiger partial charge is 0.489 e. The zero-order valence-corrected chi connectivity index (χ0v) is 15.1. The molecule has 0 aromatic heterocycles. The highest BCUT2D eigenvalue weighted by molar-refractivity contribution is 5.37. The summed E-state index contributed by atoms with van der Waals surface area (Å²) >= 11 is 0. The van der Waals surface area contributed by atoms with Gasteiger partial charge >= 0.3 is 0 Å². The minimum absolute atomic E-state index is 0.0600. The number of hydrogen-bond acceptors (Lipinski definition) is 4. The van der Waals surface area contributed by atoms with E-state index in [0.717, 1.165) is 29.9 Å². The molecule has 0 heterocycles. The van der Waals surface area contributed by atoms with Gasteiger partial charge in [0.15, 0.2) is 0 Å². The lowest BCUT2D eigenvalue weighted by Crippen LogP contribution is -1.97. The molecule has 0 N–H and O–H groups in total. The van der Waals surface area contributed by atoms with Gasteiger partial charge in [0.05, 0.1) is 4.92 Å². The summed E-state index contributed by atoms with van der Waals surface area (Å²) in [5.74, 6) is 2.19. The number of ether oxygens (including phenoxy) is 2. The van der Waals surface area contributed by atoms with E-state index in [1.807, 2.05) is 36.4 Å². The van der Waals surface area contributed by atoms with Crippen molar-refractivity contribution in [1.82, 2.24) is 0 Å². The van der Waals surface area contributed by atoms with Crippen LogP contribution >= 0.6 is 0 Å². The smallest absolute Gasteiger partial charge is 0.269 e. The maximum absolute atomic E-state index is 10.8. The summed E-state index contributed by atoms with van der Waals surface area (Å²) in [6, 6.07) is 21.8. The van der Waals surface area contributed by atoms with Crippen molar-refractivity contribution in [3.05, 3.63) is 94.0 Å². The van der Waals surface area contributed by atoms with Crippen molar-refractivity contribution in [2.45, 2.75) is 26.4 Å². The quantitative estimate of drug-likeness (QED) is 0.368. The van der Waals surface area contributed by atoms with Crippen molar-refractivity contribution in [2.24, 2.45) is 0 Å². The normalized spacial score (nSPS) is 10.4. The Kier molecular flexibility index (Phi) is 6.05. The van der Waals surface area contributed by atoms with Crippen LogP contribution in [0.5, 0.6) is 17.2 Å². The first kappa shape index (κ1) is 18.5. The van der Waals surface area contributed by atoms with Crippen LogP contribution in [0.15, 0.2) is 72.8 Å². The number of non-ortho nitro benzene ring substituents is 1. The Morgan fingerprint density at radius 1 is 0.852 bits per heavy atom. The average Bonchev–Trinajstić information content (AvgIpc) is 2.69. The Bertz CT molecular complexity index is 889. The van der Waals surface area contributed by atoms with Crippen LogP contribution < -0.4 is 9.47 Å². The molecule has 0 unspecified atom stereocenters. The van der Waals surface area contributed by atoms with Crippen molar-refractivity contribution in [1.29, 1.82) is 0 Å². The van der Waals surface area contributed by atoms with Gasteiger partial charge in [-0.3, -0.25) is 10.1 Å². The van der Waals surface area contributed by atoms with E-state index in [4.69, 9.17) is 9.47 Å². The molecule has 0 fully saturated rings. The average molecular weight is 363 g/mol. The number of hydrogen-bond donors (Lipinski definition) is 0. The number of benzene rings is 3. The van der Waals surface area contributed by atoms with E-state index in [2.05, 4.69) is 19.1 Å². The van der Waals surface area contributed by atoms with Crippen LogP contribution in [-0.4, -0.2) is 4.92 Å². The molecule has 138 valence electrons. The monoisotopic (exact) mass is 363 g/mol. The van der Waals surface area contributed by atoms with E-state index in [-0.39, 0.29) is 12.3 Å². The van der Waals surface area contributed by atoms with E-state index in [9.17, 15) is 10.1 Å². The predicted molar refractivity (Wildman–Crippen MR) is 104 cm³/mol. The van der Waals surface area contributed by atoms with Crippen LogP contribution in [-0.2, 0) is 13.0 Å². The fourth-order valence-electron chi connectivity index (χ4n) is 2.68. The third-order valence-corrected chi connectivity index (χ3v) is 4.05. The molecule has 3 aromatic rings. The number of rotatable bonds is 8. The summed E-state index contributed by atoms with van der Waals surface area (Å²) in [4.78, 5) is 10.4. The summed E-state index contributed by atoms with van der Waals surface area (Å²) in [5.41, 5.74) is 2.11. The van der Waals surface area contributed by atoms with Crippen molar-refractivity contribution < 1.29 is 14.4 Å². The topological polar surface area (TPSA) is 61.6 Å². The second kappa shape index (κ2) is 8.85. The second-order valence-electron chi connectivity index (χ2n) is 6.18. The maximum atomic E-state index is 10.8. The molecule has 0 saturated heterocycles. The lowest BCUT2D eigenvalue weighted by Gasteiger charge is -2.09. The first-order valence-corrected chi connectivity index (χ1v) is 8.87. The molecular weight excluding hydrogens is 342 g/mol. The highest BCUT2D eigenvalue weighted by Crippen LogP contribution is 2.25. The van der Waals surface area contributed by atoms with Crippen molar-refractivity contribution in [3.63, 3.8) is 0 Å². The van der Waals surface area contributed by atoms with Gasteiger partial charge < -0.3 is 9.47 Å². The van der Waals surface area contributed by atoms with Crippen LogP contribution in [0.4, 0.5) is 5.69 Å². The summed E-state index contributed by atoms with van der Waals surface area (Å²) in [6.45, 7) is 2.42. The number of nitrogens with zero attached hydrogens (tertiary/aromatic N) is 1. The highest BCUT2D eigenvalue weighted by Gasteiger charge is 2.06. The van der Waals surface area contributed by atoms with Crippen LogP contribution in [0, 0.1) is 10.1 Å². The predicted octanol–water partition coefficient (Wildman–Crippen LogP) is 5.92. The third-order valence-electron chi connectivity index (χ3n) is 4.05. The molecule has 0 atom stereocenters. The molecule has 5 heteroatoms. The standard InChI is InChI=1S/C22H21NO4/c1-2-4-17-7-9-21(10-8-17)27-22-13-11-20(12-14-22)26-16-18-5-3-6-19(15-18)23(24)25/h3,5-15H,2,4,16H2,1H3. The Labute approximate surface area is 158 Å². The van der Waals surface area contributed by atoms with Gasteiger partial charge in [0.2, 0.25) is 0 Å². The zero-order valence-electron chi connectivity index (χ0n) is 15.1. The Morgan fingerprint density at radius 3 is 2.11 bits per heavy atom. The van der Waals surface area contributed by atoms with E-state index >= 15 is 0 Å².